The summed E-state index contributed by atoms with van der Waals surface area (Å²) in [5.74, 6) is 0.319. The van der Waals surface area contributed by atoms with Crippen LogP contribution in [-0.2, 0) is 6.61 Å². The molecule has 0 aliphatic rings. The first-order valence-electron chi connectivity index (χ1n) is 8.02. The Balaban J connectivity index is 2.33. The minimum atomic E-state index is -0.384. The summed E-state index contributed by atoms with van der Waals surface area (Å²) in [5, 5.41) is 20.2. The summed E-state index contributed by atoms with van der Waals surface area (Å²) >= 11 is 0. The molecule has 25 heavy (non-hydrogen) atoms. The van der Waals surface area contributed by atoms with E-state index < -0.39 is 0 Å². The SMILES string of the molecule is CC(C)=CCOc1c(C)cc2oc3cccc(O)c3c(=O)c2c1CO. The molecule has 5 nitrogen and oxygen atoms in total. The highest BCUT2D eigenvalue weighted by Crippen LogP contribution is 2.33. The number of benzene rings is 2. The zero-order valence-electron chi connectivity index (χ0n) is 14.4. The van der Waals surface area contributed by atoms with Gasteiger partial charge in [-0.25, -0.2) is 0 Å². The van der Waals surface area contributed by atoms with E-state index in [4.69, 9.17) is 9.15 Å². The molecular weight excluding hydrogens is 320 g/mol. The van der Waals surface area contributed by atoms with Gasteiger partial charge in [-0.15, -0.1) is 0 Å². The van der Waals surface area contributed by atoms with Crippen molar-refractivity contribution in [3.8, 4) is 11.5 Å². The van der Waals surface area contributed by atoms with Crippen molar-refractivity contribution in [2.24, 2.45) is 0 Å². The van der Waals surface area contributed by atoms with E-state index in [1.807, 2.05) is 26.8 Å². The van der Waals surface area contributed by atoms with Gasteiger partial charge in [0.15, 0.2) is 0 Å². The van der Waals surface area contributed by atoms with Crippen molar-refractivity contribution in [3.63, 3.8) is 0 Å². The van der Waals surface area contributed by atoms with Crippen LogP contribution in [0, 0.1) is 6.92 Å². The van der Waals surface area contributed by atoms with Gasteiger partial charge >= 0.3 is 0 Å². The van der Waals surface area contributed by atoms with Crippen molar-refractivity contribution in [1.29, 1.82) is 0 Å². The Morgan fingerprint density at radius 3 is 2.68 bits per heavy atom. The van der Waals surface area contributed by atoms with Crippen LogP contribution in [0.25, 0.3) is 21.9 Å². The summed E-state index contributed by atoms with van der Waals surface area (Å²) in [6.07, 6.45) is 1.92. The van der Waals surface area contributed by atoms with Gasteiger partial charge in [-0.1, -0.05) is 11.6 Å². The molecule has 0 unspecified atom stereocenters. The molecule has 1 aromatic heterocycles. The molecule has 0 radical (unpaired) electrons. The van der Waals surface area contributed by atoms with Gasteiger partial charge in [-0.3, -0.25) is 4.79 Å². The van der Waals surface area contributed by atoms with Crippen molar-refractivity contribution in [3.05, 3.63) is 57.3 Å². The number of aryl methyl sites for hydroxylation is 1. The van der Waals surface area contributed by atoms with Gasteiger partial charge in [0.25, 0.3) is 0 Å². The normalized spacial score (nSPS) is 11.0. The Bertz CT molecular complexity index is 1040. The lowest BCUT2D eigenvalue weighted by Crippen LogP contribution is -2.09. The third-order valence-corrected chi connectivity index (χ3v) is 4.08. The quantitative estimate of drug-likeness (QED) is 0.558. The first-order chi connectivity index (χ1) is 11.9. The first-order valence-corrected chi connectivity index (χ1v) is 8.02. The lowest BCUT2D eigenvalue weighted by Gasteiger charge is -2.15. The number of aromatic hydroxyl groups is 1. The van der Waals surface area contributed by atoms with Crippen LogP contribution in [0.3, 0.4) is 0 Å². The molecule has 0 aliphatic carbocycles. The number of rotatable bonds is 4. The van der Waals surface area contributed by atoms with Crippen molar-refractivity contribution in [2.45, 2.75) is 27.4 Å². The number of aliphatic hydroxyl groups excluding tert-OH is 1. The van der Waals surface area contributed by atoms with Gasteiger partial charge in [-0.2, -0.15) is 0 Å². The van der Waals surface area contributed by atoms with Crippen LogP contribution in [0.1, 0.15) is 25.0 Å². The van der Waals surface area contributed by atoms with Crippen molar-refractivity contribution in [1.82, 2.24) is 0 Å². The topological polar surface area (TPSA) is 79.9 Å². The second-order valence-electron chi connectivity index (χ2n) is 6.21. The summed E-state index contributed by atoms with van der Waals surface area (Å²) in [7, 11) is 0. The monoisotopic (exact) mass is 340 g/mol. The maximum absolute atomic E-state index is 12.9. The minimum Gasteiger partial charge on any atom is -0.507 e. The fourth-order valence-corrected chi connectivity index (χ4v) is 2.88. The second-order valence-corrected chi connectivity index (χ2v) is 6.21. The van der Waals surface area contributed by atoms with Crippen LogP contribution in [0.2, 0.25) is 0 Å². The lowest BCUT2D eigenvalue weighted by atomic mass is 10.0. The third kappa shape index (κ3) is 2.98. The van der Waals surface area contributed by atoms with Crippen molar-refractivity contribution < 1.29 is 19.4 Å². The smallest absolute Gasteiger partial charge is 0.204 e. The molecule has 5 heteroatoms. The predicted molar refractivity (Wildman–Crippen MR) is 97.2 cm³/mol. The molecule has 3 aromatic rings. The van der Waals surface area contributed by atoms with Gasteiger partial charge < -0.3 is 19.4 Å². The molecule has 0 fully saturated rings. The summed E-state index contributed by atoms with van der Waals surface area (Å²) in [6.45, 7) is 5.74. The molecule has 3 rings (SSSR count). The Kier molecular flexibility index (Phi) is 4.51. The van der Waals surface area contributed by atoms with Crippen LogP contribution in [0.15, 0.2) is 45.1 Å². The maximum atomic E-state index is 12.9. The number of fused-ring (bicyclic) bond motifs is 2. The van der Waals surface area contributed by atoms with Crippen LogP contribution in [0.4, 0.5) is 0 Å². The largest absolute Gasteiger partial charge is 0.507 e. The molecule has 0 atom stereocenters. The fraction of sp³-hybridized carbons (Fsp3) is 0.250. The number of phenolic OH excluding ortho intramolecular Hbond substituents is 1. The Hall–Kier alpha value is -2.79. The van der Waals surface area contributed by atoms with Crippen LogP contribution < -0.4 is 10.2 Å². The summed E-state index contributed by atoms with van der Waals surface area (Å²) in [5.41, 5.74) is 2.53. The van der Waals surface area contributed by atoms with Crippen molar-refractivity contribution >= 4 is 21.9 Å². The zero-order chi connectivity index (χ0) is 18.1. The van der Waals surface area contributed by atoms with Gasteiger partial charge in [0.05, 0.1) is 12.0 Å². The molecule has 0 spiro atoms. The molecule has 0 bridgehead atoms. The lowest BCUT2D eigenvalue weighted by molar-refractivity contribution is 0.271. The number of hydrogen-bond donors (Lipinski definition) is 2. The van der Waals surface area contributed by atoms with E-state index in [-0.39, 0.29) is 28.6 Å². The van der Waals surface area contributed by atoms with Gasteiger partial charge in [0.2, 0.25) is 5.43 Å². The third-order valence-electron chi connectivity index (χ3n) is 4.08. The Morgan fingerprint density at radius 1 is 1.24 bits per heavy atom. The predicted octanol–water partition coefficient (Wildman–Crippen LogP) is 3.80. The summed E-state index contributed by atoms with van der Waals surface area (Å²) in [6, 6.07) is 6.40. The van der Waals surface area contributed by atoms with E-state index >= 15 is 0 Å². The molecule has 130 valence electrons. The van der Waals surface area contributed by atoms with Crippen LogP contribution >= 0.6 is 0 Å². The van der Waals surface area contributed by atoms with E-state index in [0.29, 0.717) is 29.1 Å². The summed E-state index contributed by atoms with van der Waals surface area (Å²) in [4.78, 5) is 12.9. The maximum Gasteiger partial charge on any atom is 0.204 e. The molecule has 0 aliphatic heterocycles. The van der Waals surface area contributed by atoms with Gasteiger partial charge in [-0.05, 0) is 50.6 Å². The average molecular weight is 340 g/mol. The standard InChI is InChI=1S/C20H20O5/c1-11(2)7-8-24-20-12(3)9-16-17(13(20)10-21)19(23)18-14(22)5-4-6-15(18)25-16/h4-7,9,21-22H,8,10H2,1-3H3. The van der Waals surface area contributed by atoms with E-state index in [0.717, 1.165) is 11.1 Å². The molecule has 1 heterocycles. The zero-order valence-corrected chi connectivity index (χ0v) is 14.4. The van der Waals surface area contributed by atoms with Gasteiger partial charge in [0.1, 0.15) is 34.7 Å². The second kappa shape index (κ2) is 6.61. The van der Waals surface area contributed by atoms with E-state index in [1.165, 1.54) is 6.07 Å². The molecule has 2 aromatic carbocycles. The van der Waals surface area contributed by atoms with Crippen molar-refractivity contribution in [2.75, 3.05) is 6.61 Å². The number of aliphatic hydroxyl groups is 1. The Morgan fingerprint density at radius 2 is 2.00 bits per heavy atom. The van der Waals surface area contributed by atoms with Crippen LogP contribution in [-0.4, -0.2) is 16.8 Å². The molecule has 0 amide bonds. The van der Waals surface area contributed by atoms with Crippen LogP contribution in [0.5, 0.6) is 11.5 Å². The fourth-order valence-electron chi connectivity index (χ4n) is 2.88. The molecule has 0 saturated heterocycles. The number of allylic oxidation sites excluding steroid dienone is 1. The van der Waals surface area contributed by atoms with E-state index in [2.05, 4.69) is 0 Å². The number of ether oxygens (including phenoxy) is 1. The highest BCUT2D eigenvalue weighted by molar-refractivity contribution is 5.95. The summed E-state index contributed by atoms with van der Waals surface area (Å²) < 4.78 is 11.6. The highest BCUT2D eigenvalue weighted by atomic mass is 16.5. The average Bonchev–Trinajstić information content (AvgIpc) is 2.55. The van der Waals surface area contributed by atoms with E-state index in [9.17, 15) is 15.0 Å². The molecule has 0 saturated carbocycles. The first kappa shape index (κ1) is 17.0. The number of hydrogen-bond acceptors (Lipinski definition) is 5. The molecule has 2 N–H and O–H groups in total. The molecular formula is C20H20O5. The Labute approximate surface area is 144 Å². The highest BCUT2D eigenvalue weighted by Gasteiger charge is 2.19. The van der Waals surface area contributed by atoms with E-state index in [1.54, 1.807) is 18.2 Å². The number of phenols is 1. The van der Waals surface area contributed by atoms with Gasteiger partial charge in [0, 0.05) is 5.56 Å². The minimum absolute atomic E-state index is 0.101.